The Labute approximate surface area is 210 Å². The summed E-state index contributed by atoms with van der Waals surface area (Å²) in [7, 11) is -2.16. The molecule has 0 radical (unpaired) electrons. The highest BCUT2D eigenvalue weighted by molar-refractivity contribution is 7.98. The number of para-hydroxylation sites is 1. The minimum absolute atomic E-state index is 0.0509. The number of carbonyl (C=O) groups is 1. The van der Waals surface area contributed by atoms with Crippen molar-refractivity contribution >= 4 is 39.1 Å². The molecule has 1 unspecified atom stereocenters. The number of carboxylic acid groups (broad SMARTS) is 1. The summed E-state index contributed by atoms with van der Waals surface area (Å²) >= 11 is 1.49. The molecule has 35 heavy (non-hydrogen) atoms. The molecule has 1 aliphatic rings. The SMILES string of the molecule is CCCCC1CN(c2ccccc2)c2cc(SC)c(-c3cncc(C(=O)O)c3)cc2S(=O)(=O)N1C. The molecule has 0 fully saturated rings. The van der Waals surface area contributed by atoms with Crippen molar-refractivity contribution in [2.24, 2.45) is 0 Å². The van der Waals surface area contributed by atoms with Crippen LogP contribution in [0.4, 0.5) is 11.4 Å². The number of likely N-dealkylation sites (N-methyl/N-ethyl adjacent to an activating group) is 1. The van der Waals surface area contributed by atoms with Gasteiger partial charge < -0.3 is 10.0 Å². The summed E-state index contributed by atoms with van der Waals surface area (Å²) in [4.78, 5) is 18.8. The first-order valence-electron chi connectivity index (χ1n) is 11.5. The molecule has 1 N–H and O–H groups in total. The number of rotatable bonds is 7. The van der Waals surface area contributed by atoms with E-state index in [4.69, 9.17) is 0 Å². The molecule has 3 aromatic rings. The molecule has 0 amide bonds. The maximum Gasteiger partial charge on any atom is 0.337 e. The molecule has 9 heteroatoms. The lowest BCUT2D eigenvalue weighted by molar-refractivity contribution is 0.0696. The second kappa shape index (κ2) is 10.4. The minimum Gasteiger partial charge on any atom is -0.478 e. The molecule has 1 atom stereocenters. The van der Waals surface area contributed by atoms with Crippen LogP contribution < -0.4 is 4.90 Å². The number of aromatic carboxylic acids is 1. The van der Waals surface area contributed by atoms with Crippen LogP contribution in [0.2, 0.25) is 0 Å². The molecule has 4 rings (SSSR count). The number of benzene rings is 2. The Morgan fingerprint density at radius 2 is 1.91 bits per heavy atom. The van der Waals surface area contributed by atoms with E-state index in [0.29, 0.717) is 23.4 Å². The monoisotopic (exact) mass is 511 g/mol. The second-order valence-corrected chi connectivity index (χ2v) is 11.4. The van der Waals surface area contributed by atoms with E-state index in [1.165, 1.54) is 28.3 Å². The summed E-state index contributed by atoms with van der Waals surface area (Å²) < 4.78 is 29.3. The van der Waals surface area contributed by atoms with E-state index >= 15 is 0 Å². The number of hydrogen-bond acceptors (Lipinski definition) is 6. The van der Waals surface area contributed by atoms with Crippen molar-refractivity contribution in [2.45, 2.75) is 42.0 Å². The van der Waals surface area contributed by atoms with Crippen LogP contribution in [-0.4, -0.2) is 54.7 Å². The van der Waals surface area contributed by atoms with Gasteiger partial charge in [0.15, 0.2) is 0 Å². The molecule has 0 bridgehead atoms. The van der Waals surface area contributed by atoms with Gasteiger partial charge in [0, 0.05) is 48.2 Å². The van der Waals surface area contributed by atoms with E-state index in [0.717, 1.165) is 29.8 Å². The first kappa shape index (κ1) is 25.2. The van der Waals surface area contributed by atoms with Gasteiger partial charge in [-0.25, -0.2) is 13.2 Å². The summed E-state index contributed by atoms with van der Waals surface area (Å²) in [6.07, 6.45) is 7.45. The van der Waals surface area contributed by atoms with Crippen molar-refractivity contribution in [1.82, 2.24) is 9.29 Å². The molecule has 7 nitrogen and oxygen atoms in total. The summed E-state index contributed by atoms with van der Waals surface area (Å²) in [6.45, 7) is 2.64. The fraction of sp³-hybridized carbons (Fsp3) is 0.308. The zero-order chi connectivity index (χ0) is 25.2. The molecule has 0 saturated heterocycles. The highest BCUT2D eigenvalue weighted by Gasteiger charge is 2.37. The van der Waals surface area contributed by atoms with Crippen molar-refractivity contribution in [3.8, 4) is 11.1 Å². The lowest BCUT2D eigenvalue weighted by atomic mass is 10.0. The standard InChI is InChI=1S/C26H29N3O4S2/c1-4-5-9-21-17-29(20-10-7-6-8-11-20)23-14-24(34-3)22(13-25(23)35(32,33)28(21)2)18-12-19(26(30)31)16-27-15-18/h6-8,10-16,21H,4-5,9,17H2,1-3H3,(H,30,31). The summed E-state index contributed by atoms with van der Waals surface area (Å²) in [6, 6.07) is 14.7. The lowest BCUT2D eigenvalue weighted by Gasteiger charge is -2.29. The van der Waals surface area contributed by atoms with Crippen LogP contribution in [0.15, 0.2) is 70.7 Å². The number of pyridine rings is 1. The number of hydrogen-bond donors (Lipinski definition) is 1. The smallest absolute Gasteiger partial charge is 0.337 e. The van der Waals surface area contributed by atoms with Gasteiger partial charge in [-0.15, -0.1) is 11.8 Å². The van der Waals surface area contributed by atoms with Crippen LogP contribution in [0, 0.1) is 0 Å². The third-order valence-electron chi connectivity index (χ3n) is 6.39. The quantitative estimate of drug-likeness (QED) is 0.419. The van der Waals surface area contributed by atoms with E-state index in [9.17, 15) is 18.3 Å². The van der Waals surface area contributed by atoms with E-state index < -0.39 is 16.0 Å². The van der Waals surface area contributed by atoms with Gasteiger partial charge in [0.1, 0.15) is 4.90 Å². The number of anilines is 2. The van der Waals surface area contributed by atoms with Gasteiger partial charge in [-0.05, 0) is 48.6 Å². The number of sulfonamides is 1. The van der Waals surface area contributed by atoms with Crippen molar-refractivity contribution in [3.05, 3.63) is 66.5 Å². The first-order chi connectivity index (χ1) is 16.8. The van der Waals surface area contributed by atoms with Gasteiger partial charge in [-0.3, -0.25) is 4.98 Å². The van der Waals surface area contributed by atoms with Crippen molar-refractivity contribution in [2.75, 3.05) is 24.7 Å². The van der Waals surface area contributed by atoms with E-state index in [1.807, 2.05) is 42.7 Å². The van der Waals surface area contributed by atoms with Crippen LogP contribution in [0.5, 0.6) is 0 Å². The molecule has 0 aliphatic carbocycles. The summed E-state index contributed by atoms with van der Waals surface area (Å²) in [5.74, 6) is -1.08. The number of aromatic nitrogens is 1. The summed E-state index contributed by atoms with van der Waals surface area (Å²) in [5.41, 5.74) is 2.80. The average Bonchev–Trinajstić information content (AvgIpc) is 2.95. The number of fused-ring (bicyclic) bond motifs is 1. The van der Waals surface area contributed by atoms with Crippen molar-refractivity contribution in [1.29, 1.82) is 0 Å². The molecule has 2 aromatic carbocycles. The molecule has 2 heterocycles. The van der Waals surface area contributed by atoms with Gasteiger partial charge in [0.25, 0.3) is 0 Å². The topological polar surface area (TPSA) is 90.8 Å². The summed E-state index contributed by atoms with van der Waals surface area (Å²) in [5, 5.41) is 9.44. The number of unbranched alkanes of at least 4 members (excludes halogenated alkanes) is 1. The molecule has 0 spiro atoms. The molecule has 184 valence electrons. The van der Waals surface area contributed by atoms with Gasteiger partial charge >= 0.3 is 5.97 Å². The van der Waals surface area contributed by atoms with E-state index in [1.54, 1.807) is 19.3 Å². The Hall–Kier alpha value is -2.88. The van der Waals surface area contributed by atoms with Gasteiger partial charge in [0.05, 0.1) is 11.3 Å². The Morgan fingerprint density at radius 3 is 2.57 bits per heavy atom. The van der Waals surface area contributed by atoms with Crippen LogP contribution in [-0.2, 0) is 10.0 Å². The van der Waals surface area contributed by atoms with Gasteiger partial charge in [0.2, 0.25) is 10.0 Å². The first-order valence-corrected chi connectivity index (χ1v) is 14.2. The number of thioether (sulfide) groups is 1. The molecular weight excluding hydrogens is 482 g/mol. The number of nitrogens with zero attached hydrogens (tertiary/aromatic N) is 3. The molecular formula is C26H29N3O4S2. The normalized spacial score (nSPS) is 17.6. The number of carboxylic acids is 1. The van der Waals surface area contributed by atoms with Crippen LogP contribution in [0.25, 0.3) is 11.1 Å². The zero-order valence-corrected chi connectivity index (χ0v) is 21.6. The van der Waals surface area contributed by atoms with E-state index in [-0.39, 0.29) is 16.5 Å². The second-order valence-electron chi connectivity index (χ2n) is 8.55. The van der Waals surface area contributed by atoms with Gasteiger partial charge in [-0.1, -0.05) is 38.0 Å². The van der Waals surface area contributed by atoms with Crippen LogP contribution in [0.3, 0.4) is 0 Å². The predicted octanol–water partition coefficient (Wildman–Crippen LogP) is 5.50. The lowest BCUT2D eigenvalue weighted by Crippen LogP contribution is -2.40. The zero-order valence-electron chi connectivity index (χ0n) is 20.0. The molecule has 1 aliphatic heterocycles. The minimum atomic E-state index is -3.81. The Bertz CT molecular complexity index is 1330. The third-order valence-corrected chi connectivity index (χ3v) is 9.11. The Morgan fingerprint density at radius 1 is 1.17 bits per heavy atom. The highest BCUT2D eigenvalue weighted by Crippen LogP contribution is 2.43. The average molecular weight is 512 g/mol. The maximum absolute atomic E-state index is 13.9. The third kappa shape index (κ3) is 4.94. The van der Waals surface area contributed by atoms with Crippen LogP contribution >= 0.6 is 11.8 Å². The Kier molecular flexibility index (Phi) is 7.49. The van der Waals surface area contributed by atoms with Gasteiger partial charge in [-0.2, -0.15) is 4.31 Å². The largest absolute Gasteiger partial charge is 0.478 e. The van der Waals surface area contributed by atoms with Crippen molar-refractivity contribution < 1.29 is 18.3 Å². The maximum atomic E-state index is 13.9. The molecule has 1 aromatic heterocycles. The molecule has 0 saturated carbocycles. The van der Waals surface area contributed by atoms with Crippen molar-refractivity contribution in [3.63, 3.8) is 0 Å². The fourth-order valence-corrected chi connectivity index (χ4v) is 6.61. The highest BCUT2D eigenvalue weighted by atomic mass is 32.2. The van der Waals surface area contributed by atoms with E-state index in [2.05, 4.69) is 16.8 Å². The Balaban J connectivity index is 1.97. The predicted molar refractivity (Wildman–Crippen MR) is 140 cm³/mol. The van der Waals surface area contributed by atoms with Crippen LogP contribution in [0.1, 0.15) is 36.5 Å². The fourth-order valence-electron chi connectivity index (χ4n) is 4.41.